The van der Waals surface area contributed by atoms with E-state index in [1.165, 1.54) is 0 Å². The standard InChI is InChI=1S/C13H18ClNO2/c1-9(15)12-7-10(14)4-5-13(12)17-8-11-3-2-6-16-11/h4-5,7,9,11H,2-3,6,8,15H2,1H3/t9-,11?/m0/s1. The Bertz CT molecular complexity index is 376. The van der Waals surface area contributed by atoms with E-state index in [1.807, 2.05) is 25.1 Å². The number of hydrogen-bond donors (Lipinski definition) is 1. The Labute approximate surface area is 107 Å². The van der Waals surface area contributed by atoms with Gasteiger partial charge in [0.2, 0.25) is 0 Å². The summed E-state index contributed by atoms with van der Waals surface area (Å²) in [5, 5.41) is 0.682. The van der Waals surface area contributed by atoms with Crippen LogP contribution >= 0.6 is 11.6 Å². The number of rotatable bonds is 4. The van der Waals surface area contributed by atoms with Gasteiger partial charge in [0, 0.05) is 23.2 Å². The van der Waals surface area contributed by atoms with Crippen LogP contribution in [0.2, 0.25) is 5.02 Å². The molecule has 1 aromatic rings. The monoisotopic (exact) mass is 255 g/mol. The van der Waals surface area contributed by atoms with E-state index in [2.05, 4.69) is 0 Å². The third-order valence-electron chi connectivity index (χ3n) is 2.91. The molecule has 0 bridgehead atoms. The summed E-state index contributed by atoms with van der Waals surface area (Å²) < 4.78 is 11.3. The number of halogens is 1. The molecule has 17 heavy (non-hydrogen) atoms. The summed E-state index contributed by atoms with van der Waals surface area (Å²) in [4.78, 5) is 0. The molecule has 94 valence electrons. The van der Waals surface area contributed by atoms with Gasteiger partial charge in [0.05, 0.1) is 6.10 Å². The highest BCUT2D eigenvalue weighted by Gasteiger charge is 2.17. The van der Waals surface area contributed by atoms with Gasteiger partial charge in [-0.3, -0.25) is 0 Å². The van der Waals surface area contributed by atoms with Crippen molar-refractivity contribution in [1.82, 2.24) is 0 Å². The Kier molecular flexibility index (Phi) is 4.26. The average molecular weight is 256 g/mol. The molecule has 3 nitrogen and oxygen atoms in total. The number of nitrogens with two attached hydrogens (primary N) is 1. The summed E-state index contributed by atoms with van der Waals surface area (Å²) in [6, 6.07) is 5.46. The van der Waals surface area contributed by atoms with Gasteiger partial charge in [0.15, 0.2) is 0 Å². The molecule has 1 aromatic carbocycles. The van der Waals surface area contributed by atoms with Crippen LogP contribution in [0.3, 0.4) is 0 Å². The molecule has 1 unspecified atom stereocenters. The largest absolute Gasteiger partial charge is 0.491 e. The second kappa shape index (κ2) is 5.71. The highest BCUT2D eigenvalue weighted by atomic mass is 35.5. The molecule has 1 aliphatic heterocycles. The van der Waals surface area contributed by atoms with Gasteiger partial charge in [-0.1, -0.05) is 11.6 Å². The molecule has 4 heteroatoms. The topological polar surface area (TPSA) is 44.5 Å². The van der Waals surface area contributed by atoms with E-state index in [4.69, 9.17) is 26.8 Å². The second-order valence-corrected chi connectivity index (χ2v) is 4.85. The molecule has 0 radical (unpaired) electrons. The number of ether oxygens (including phenoxy) is 2. The van der Waals surface area contributed by atoms with Gasteiger partial charge in [-0.15, -0.1) is 0 Å². The van der Waals surface area contributed by atoms with Crippen molar-refractivity contribution in [3.8, 4) is 5.75 Å². The summed E-state index contributed by atoms with van der Waals surface area (Å²) in [5.41, 5.74) is 6.84. The molecule has 1 fully saturated rings. The Morgan fingerprint density at radius 3 is 3.06 bits per heavy atom. The minimum Gasteiger partial charge on any atom is -0.491 e. The molecule has 1 aliphatic rings. The lowest BCUT2D eigenvalue weighted by Crippen LogP contribution is -2.17. The Morgan fingerprint density at radius 1 is 1.59 bits per heavy atom. The van der Waals surface area contributed by atoms with E-state index >= 15 is 0 Å². The van der Waals surface area contributed by atoms with Gasteiger partial charge in [-0.2, -0.15) is 0 Å². The minimum absolute atomic E-state index is 0.0896. The lowest BCUT2D eigenvalue weighted by Gasteiger charge is -2.16. The van der Waals surface area contributed by atoms with E-state index < -0.39 is 0 Å². The zero-order chi connectivity index (χ0) is 12.3. The number of benzene rings is 1. The van der Waals surface area contributed by atoms with E-state index in [1.54, 1.807) is 0 Å². The van der Waals surface area contributed by atoms with Crippen LogP contribution in [0.1, 0.15) is 31.4 Å². The summed E-state index contributed by atoms with van der Waals surface area (Å²) >= 11 is 5.95. The van der Waals surface area contributed by atoms with Gasteiger partial charge in [-0.05, 0) is 38.0 Å². The predicted molar refractivity (Wildman–Crippen MR) is 68.5 cm³/mol. The quantitative estimate of drug-likeness (QED) is 0.900. The molecule has 2 atom stereocenters. The molecule has 2 rings (SSSR count). The predicted octanol–water partition coefficient (Wildman–Crippen LogP) is 2.92. The fourth-order valence-electron chi connectivity index (χ4n) is 1.97. The summed E-state index contributed by atoms with van der Waals surface area (Å²) in [6.07, 6.45) is 2.40. The van der Waals surface area contributed by atoms with Crippen LogP contribution in [0.4, 0.5) is 0 Å². The molecule has 0 spiro atoms. The van der Waals surface area contributed by atoms with Gasteiger partial charge in [-0.25, -0.2) is 0 Å². The second-order valence-electron chi connectivity index (χ2n) is 4.42. The van der Waals surface area contributed by atoms with E-state index in [0.717, 1.165) is 30.8 Å². The van der Waals surface area contributed by atoms with E-state index in [-0.39, 0.29) is 12.1 Å². The molecular weight excluding hydrogens is 238 g/mol. The van der Waals surface area contributed by atoms with Crippen molar-refractivity contribution in [2.45, 2.75) is 31.9 Å². The average Bonchev–Trinajstić information content (AvgIpc) is 2.80. The Morgan fingerprint density at radius 2 is 2.41 bits per heavy atom. The smallest absolute Gasteiger partial charge is 0.124 e. The maximum Gasteiger partial charge on any atom is 0.124 e. The van der Waals surface area contributed by atoms with Crippen LogP contribution in [-0.4, -0.2) is 19.3 Å². The van der Waals surface area contributed by atoms with Crippen molar-refractivity contribution < 1.29 is 9.47 Å². The summed E-state index contributed by atoms with van der Waals surface area (Å²) in [7, 11) is 0. The maximum absolute atomic E-state index is 5.95. The molecule has 0 aromatic heterocycles. The first-order valence-corrected chi connectivity index (χ1v) is 6.34. The maximum atomic E-state index is 5.95. The summed E-state index contributed by atoms with van der Waals surface area (Å²) in [5.74, 6) is 0.805. The van der Waals surface area contributed by atoms with Crippen LogP contribution in [0.15, 0.2) is 18.2 Å². The van der Waals surface area contributed by atoms with E-state index in [9.17, 15) is 0 Å². The van der Waals surface area contributed by atoms with Crippen LogP contribution in [0.25, 0.3) is 0 Å². The lowest BCUT2D eigenvalue weighted by molar-refractivity contribution is 0.0675. The van der Waals surface area contributed by atoms with Crippen LogP contribution in [-0.2, 0) is 4.74 Å². The van der Waals surface area contributed by atoms with Crippen LogP contribution in [0, 0.1) is 0 Å². The highest BCUT2D eigenvalue weighted by molar-refractivity contribution is 6.30. The molecule has 0 amide bonds. The van der Waals surface area contributed by atoms with Crippen molar-refractivity contribution in [3.63, 3.8) is 0 Å². The fraction of sp³-hybridized carbons (Fsp3) is 0.538. The van der Waals surface area contributed by atoms with Crippen LogP contribution in [0.5, 0.6) is 5.75 Å². The first-order chi connectivity index (χ1) is 8.16. The fourth-order valence-corrected chi connectivity index (χ4v) is 2.15. The Hall–Kier alpha value is -0.770. The molecular formula is C13H18ClNO2. The molecule has 1 saturated heterocycles. The van der Waals surface area contributed by atoms with Crippen molar-refractivity contribution >= 4 is 11.6 Å². The van der Waals surface area contributed by atoms with Crippen LogP contribution < -0.4 is 10.5 Å². The third kappa shape index (κ3) is 3.35. The third-order valence-corrected chi connectivity index (χ3v) is 3.15. The zero-order valence-corrected chi connectivity index (χ0v) is 10.7. The van der Waals surface area contributed by atoms with Gasteiger partial charge in [0.1, 0.15) is 12.4 Å². The van der Waals surface area contributed by atoms with Crippen molar-refractivity contribution in [2.75, 3.05) is 13.2 Å². The van der Waals surface area contributed by atoms with Gasteiger partial charge < -0.3 is 15.2 Å². The normalized spacial score (nSPS) is 21.5. The van der Waals surface area contributed by atoms with Gasteiger partial charge >= 0.3 is 0 Å². The number of hydrogen-bond acceptors (Lipinski definition) is 3. The lowest BCUT2D eigenvalue weighted by atomic mass is 10.1. The Balaban J connectivity index is 2.03. The SMILES string of the molecule is C[C@H](N)c1cc(Cl)ccc1OCC1CCCO1. The van der Waals surface area contributed by atoms with Crippen molar-refractivity contribution in [2.24, 2.45) is 5.73 Å². The van der Waals surface area contributed by atoms with Crippen molar-refractivity contribution in [3.05, 3.63) is 28.8 Å². The molecule has 1 heterocycles. The highest BCUT2D eigenvalue weighted by Crippen LogP contribution is 2.28. The zero-order valence-electron chi connectivity index (χ0n) is 9.99. The first-order valence-electron chi connectivity index (χ1n) is 5.96. The molecule has 2 N–H and O–H groups in total. The van der Waals surface area contributed by atoms with E-state index in [0.29, 0.717) is 11.6 Å². The van der Waals surface area contributed by atoms with Gasteiger partial charge in [0.25, 0.3) is 0 Å². The minimum atomic E-state index is -0.0896. The molecule has 0 saturated carbocycles. The molecule has 0 aliphatic carbocycles. The van der Waals surface area contributed by atoms with Crippen molar-refractivity contribution in [1.29, 1.82) is 0 Å². The first kappa shape index (κ1) is 12.7. The summed E-state index contributed by atoms with van der Waals surface area (Å²) in [6.45, 7) is 3.35.